The highest BCUT2D eigenvalue weighted by Gasteiger charge is 2.19. The van der Waals surface area contributed by atoms with E-state index in [0.717, 1.165) is 13.1 Å². The summed E-state index contributed by atoms with van der Waals surface area (Å²) >= 11 is 3.67. The molecular weight excluding hydrogens is 192 g/mol. The molecule has 1 fully saturated rings. The maximum absolute atomic E-state index is 3.67. The monoisotopic (exact) mass is 206 g/mol. The molecule has 0 aromatic carbocycles. The highest BCUT2D eigenvalue weighted by atomic mass is 79.9. The summed E-state index contributed by atoms with van der Waals surface area (Å²) in [5, 5.41) is 0. The lowest BCUT2D eigenvalue weighted by Gasteiger charge is -2.25. The Bertz CT molecular complexity index is 93.8. The average Bonchev–Trinajstić information content (AvgIpc) is 1.81. The first kappa shape index (κ1) is 8.50. The van der Waals surface area contributed by atoms with Crippen molar-refractivity contribution in [3.8, 4) is 0 Å². The molecule has 1 heterocycles. The first-order chi connectivity index (χ1) is 4.71. The van der Waals surface area contributed by atoms with Crippen molar-refractivity contribution in [3.05, 3.63) is 0 Å². The third-order valence-corrected chi connectivity index (χ3v) is 2.51. The molecule has 0 radical (unpaired) electrons. The molecule has 0 aromatic rings. The minimum Gasteiger partial charge on any atom is -0.258 e. The van der Waals surface area contributed by atoms with Crippen LogP contribution in [-0.2, 0) is 0 Å². The van der Waals surface area contributed by atoms with Crippen molar-refractivity contribution in [3.63, 3.8) is 0 Å². The summed E-state index contributed by atoms with van der Waals surface area (Å²) in [4.78, 5) is 0. The van der Waals surface area contributed by atoms with Crippen molar-refractivity contribution in [2.24, 2.45) is 0 Å². The van der Waals surface area contributed by atoms with Crippen LogP contribution >= 0.6 is 15.9 Å². The molecule has 0 aliphatic carbocycles. The van der Waals surface area contributed by atoms with E-state index < -0.39 is 0 Å². The molecule has 1 aliphatic rings. The van der Waals surface area contributed by atoms with E-state index in [9.17, 15) is 0 Å². The van der Waals surface area contributed by atoms with Gasteiger partial charge in [-0.25, -0.2) is 0 Å². The molecule has 60 valence electrons. The van der Waals surface area contributed by atoms with Crippen LogP contribution in [0.4, 0.5) is 0 Å². The van der Waals surface area contributed by atoms with Crippen LogP contribution in [-0.4, -0.2) is 17.4 Å². The molecule has 0 saturated carbocycles. The van der Waals surface area contributed by atoms with Crippen molar-refractivity contribution >= 4 is 15.9 Å². The summed E-state index contributed by atoms with van der Waals surface area (Å²) < 4.78 is 0.292. The van der Waals surface area contributed by atoms with E-state index in [4.69, 9.17) is 0 Å². The van der Waals surface area contributed by atoms with Crippen LogP contribution in [0.5, 0.6) is 0 Å². The van der Waals surface area contributed by atoms with Crippen molar-refractivity contribution in [2.75, 3.05) is 13.1 Å². The number of alkyl halides is 1. The molecule has 2 N–H and O–H groups in total. The smallest absolute Gasteiger partial charge is 0.0368 e. The van der Waals surface area contributed by atoms with E-state index in [1.54, 1.807) is 0 Å². The fraction of sp³-hybridized carbons (Fsp3) is 1.00. The summed E-state index contributed by atoms with van der Waals surface area (Å²) in [5.41, 5.74) is 6.34. The second kappa shape index (κ2) is 3.69. The SMILES string of the molecule is CC1(Br)CCCCNNC1. The largest absolute Gasteiger partial charge is 0.258 e. The van der Waals surface area contributed by atoms with Gasteiger partial charge in [0.2, 0.25) is 0 Å². The zero-order chi connectivity index (χ0) is 7.45. The second-order valence-electron chi connectivity index (χ2n) is 3.15. The summed E-state index contributed by atoms with van der Waals surface area (Å²) in [7, 11) is 0. The number of nitrogens with one attached hydrogen (secondary N) is 2. The van der Waals surface area contributed by atoms with Gasteiger partial charge < -0.3 is 0 Å². The first-order valence-corrected chi connectivity index (χ1v) is 4.65. The number of hydrogen-bond acceptors (Lipinski definition) is 2. The van der Waals surface area contributed by atoms with E-state index in [0.29, 0.717) is 4.32 Å². The highest BCUT2D eigenvalue weighted by molar-refractivity contribution is 9.10. The van der Waals surface area contributed by atoms with Gasteiger partial charge in [0.1, 0.15) is 0 Å². The van der Waals surface area contributed by atoms with Crippen LogP contribution < -0.4 is 10.9 Å². The predicted octanol–water partition coefficient (Wildman–Crippen LogP) is 1.42. The number of rotatable bonds is 0. The second-order valence-corrected chi connectivity index (χ2v) is 5.07. The third kappa shape index (κ3) is 2.99. The normalized spacial score (nSPS) is 36.6. The standard InChI is InChI=1S/C7H15BrN2/c1-7(8)4-2-3-5-9-10-6-7/h9-10H,2-6H2,1H3. The fourth-order valence-corrected chi connectivity index (χ4v) is 1.55. The third-order valence-electron chi connectivity index (χ3n) is 1.83. The first-order valence-electron chi connectivity index (χ1n) is 3.85. The lowest BCUT2D eigenvalue weighted by molar-refractivity contribution is 0.410. The Labute approximate surface area is 70.9 Å². The molecule has 1 atom stereocenters. The summed E-state index contributed by atoms with van der Waals surface area (Å²) in [6.45, 7) is 4.34. The van der Waals surface area contributed by atoms with E-state index in [1.165, 1.54) is 19.3 Å². The number of halogens is 1. The molecule has 0 spiro atoms. The zero-order valence-electron chi connectivity index (χ0n) is 6.41. The fourth-order valence-electron chi connectivity index (χ4n) is 1.13. The van der Waals surface area contributed by atoms with Crippen LogP contribution in [0.2, 0.25) is 0 Å². The van der Waals surface area contributed by atoms with Crippen molar-refractivity contribution in [1.82, 2.24) is 10.9 Å². The number of hydrazine groups is 1. The van der Waals surface area contributed by atoms with Gasteiger partial charge >= 0.3 is 0 Å². The Kier molecular flexibility index (Phi) is 3.14. The van der Waals surface area contributed by atoms with Crippen LogP contribution in [0.15, 0.2) is 0 Å². The number of hydrogen-bond donors (Lipinski definition) is 2. The minimum atomic E-state index is 0.292. The van der Waals surface area contributed by atoms with Crippen LogP contribution in [0.3, 0.4) is 0 Å². The molecule has 1 saturated heterocycles. The Balaban J connectivity index is 2.30. The van der Waals surface area contributed by atoms with Crippen LogP contribution in [0.1, 0.15) is 26.2 Å². The Morgan fingerprint density at radius 1 is 1.30 bits per heavy atom. The zero-order valence-corrected chi connectivity index (χ0v) is 8.00. The molecule has 0 bridgehead atoms. The summed E-state index contributed by atoms with van der Waals surface area (Å²) in [6.07, 6.45) is 3.85. The minimum absolute atomic E-state index is 0.292. The molecule has 1 rings (SSSR count). The molecule has 10 heavy (non-hydrogen) atoms. The van der Waals surface area contributed by atoms with Gasteiger partial charge in [0.15, 0.2) is 0 Å². The maximum Gasteiger partial charge on any atom is 0.0368 e. The van der Waals surface area contributed by atoms with Crippen LogP contribution in [0.25, 0.3) is 0 Å². The average molecular weight is 207 g/mol. The van der Waals surface area contributed by atoms with Gasteiger partial charge in [0.05, 0.1) is 0 Å². The molecule has 2 nitrogen and oxygen atoms in total. The van der Waals surface area contributed by atoms with Gasteiger partial charge in [-0.2, -0.15) is 0 Å². The lowest BCUT2D eigenvalue weighted by Crippen LogP contribution is -2.43. The van der Waals surface area contributed by atoms with Crippen molar-refractivity contribution < 1.29 is 0 Å². The summed E-state index contributed by atoms with van der Waals surface area (Å²) in [6, 6.07) is 0. The van der Waals surface area contributed by atoms with Gasteiger partial charge in [-0.05, 0) is 19.8 Å². The van der Waals surface area contributed by atoms with E-state index >= 15 is 0 Å². The molecule has 1 unspecified atom stereocenters. The quantitative estimate of drug-likeness (QED) is 0.587. The maximum atomic E-state index is 3.67. The topological polar surface area (TPSA) is 24.1 Å². The van der Waals surface area contributed by atoms with E-state index in [-0.39, 0.29) is 0 Å². The molecule has 0 amide bonds. The Morgan fingerprint density at radius 3 is 2.90 bits per heavy atom. The highest BCUT2D eigenvalue weighted by Crippen LogP contribution is 2.23. The van der Waals surface area contributed by atoms with Crippen molar-refractivity contribution in [1.29, 1.82) is 0 Å². The Morgan fingerprint density at radius 2 is 2.10 bits per heavy atom. The summed E-state index contributed by atoms with van der Waals surface area (Å²) in [5.74, 6) is 0. The van der Waals surface area contributed by atoms with Crippen LogP contribution in [0, 0.1) is 0 Å². The molecular formula is C7H15BrN2. The van der Waals surface area contributed by atoms with Gasteiger partial charge in [-0.1, -0.05) is 22.4 Å². The molecule has 3 heteroatoms. The lowest BCUT2D eigenvalue weighted by atomic mass is 10.0. The van der Waals surface area contributed by atoms with E-state index in [1.807, 2.05) is 0 Å². The van der Waals surface area contributed by atoms with Gasteiger partial charge in [0.25, 0.3) is 0 Å². The van der Waals surface area contributed by atoms with Gasteiger partial charge in [0, 0.05) is 17.4 Å². The van der Waals surface area contributed by atoms with Crippen molar-refractivity contribution in [2.45, 2.75) is 30.5 Å². The Hall–Kier alpha value is 0.400. The van der Waals surface area contributed by atoms with Gasteiger partial charge in [-0.3, -0.25) is 10.9 Å². The van der Waals surface area contributed by atoms with Gasteiger partial charge in [-0.15, -0.1) is 0 Å². The predicted molar refractivity (Wildman–Crippen MR) is 47.2 cm³/mol. The van der Waals surface area contributed by atoms with E-state index in [2.05, 4.69) is 33.7 Å². The molecule has 1 aliphatic heterocycles. The molecule has 0 aromatic heterocycles.